The SMILES string of the molecule is COc1ccc(N2CCN(C(=O)c3nn4c(C(F)F)cc(C5CC5)cc4c3Cl)CC2=O)cc1F. The Hall–Kier alpha value is -3.27. The second-order valence-corrected chi connectivity index (χ2v) is 8.72. The Morgan fingerprint density at radius 2 is 1.97 bits per heavy atom. The van der Waals surface area contributed by atoms with Gasteiger partial charge in [-0.15, -0.1) is 0 Å². The highest BCUT2D eigenvalue weighted by Crippen LogP contribution is 2.42. The topological polar surface area (TPSA) is 67.2 Å². The van der Waals surface area contributed by atoms with Crippen LogP contribution in [0.15, 0.2) is 30.3 Å². The zero-order chi connectivity index (χ0) is 24.1. The summed E-state index contributed by atoms with van der Waals surface area (Å²) in [6, 6.07) is 7.26. The van der Waals surface area contributed by atoms with Crippen LogP contribution >= 0.6 is 11.6 Å². The van der Waals surface area contributed by atoms with Gasteiger partial charge >= 0.3 is 0 Å². The lowest BCUT2D eigenvalue weighted by Gasteiger charge is -2.34. The number of alkyl halides is 2. The summed E-state index contributed by atoms with van der Waals surface area (Å²) >= 11 is 6.43. The standard InChI is InChI=1S/C23H20ClF3N4O3/c1-34-18-5-4-14(10-15(18)25)30-7-6-29(11-19(30)32)23(33)21-20(24)16-8-13(12-2-3-12)9-17(22(26)27)31(16)28-21/h4-5,8-10,12,22H,2-3,6-7,11H2,1H3. The van der Waals surface area contributed by atoms with Crippen LogP contribution in [-0.2, 0) is 4.79 Å². The van der Waals surface area contributed by atoms with Gasteiger partial charge in [-0.2, -0.15) is 5.10 Å². The fraction of sp³-hybridized carbons (Fsp3) is 0.348. The quantitative estimate of drug-likeness (QED) is 0.528. The van der Waals surface area contributed by atoms with Crippen LogP contribution in [0.5, 0.6) is 5.75 Å². The van der Waals surface area contributed by atoms with Crippen LogP contribution in [0, 0.1) is 5.82 Å². The van der Waals surface area contributed by atoms with E-state index in [0.29, 0.717) is 5.69 Å². The number of fused-ring (bicyclic) bond motifs is 1. The van der Waals surface area contributed by atoms with E-state index in [1.165, 1.54) is 35.1 Å². The molecule has 178 valence electrons. The van der Waals surface area contributed by atoms with Gasteiger partial charge < -0.3 is 14.5 Å². The van der Waals surface area contributed by atoms with Crippen LogP contribution < -0.4 is 9.64 Å². The number of piperazine rings is 1. The minimum atomic E-state index is -2.80. The molecule has 1 aliphatic heterocycles. The summed E-state index contributed by atoms with van der Waals surface area (Å²) in [4.78, 5) is 28.5. The maximum absolute atomic E-state index is 14.1. The lowest BCUT2D eigenvalue weighted by molar-refractivity contribution is -0.120. The molecule has 1 saturated carbocycles. The Morgan fingerprint density at radius 3 is 2.59 bits per heavy atom. The van der Waals surface area contributed by atoms with Gasteiger partial charge in [0.2, 0.25) is 5.91 Å². The smallest absolute Gasteiger partial charge is 0.280 e. The van der Waals surface area contributed by atoms with Crippen molar-refractivity contribution in [1.82, 2.24) is 14.5 Å². The summed E-state index contributed by atoms with van der Waals surface area (Å²) in [5.74, 6) is -1.40. The number of nitrogens with zero attached hydrogens (tertiary/aromatic N) is 4. The number of anilines is 1. The van der Waals surface area contributed by atoms with E-state index in [1.807, 2.05) is 0 Å². The third kappa shape index (κ3) is 3.85. The Kier molecular flexibility index (Phi) is 5.63. The van der Waals surface area contributed by atoms with Crippen molar-refractivity contribution < 1.29 is 27.5 Å². The van der Waals surface area contributed by atoms with Gasteiger partial charge in [-0.3, -0.25) is 9.59 Å². The molecule has 3 heterocycles. The zero-order valence-electron chi connectivity index (χ0n) is 18.1. The van der Waals surface area contributed by atoms with Gasteiger partial charge in [0, 0.05) is 24.8 Å². The molecule has 3 aromatic rings. The molecule has 1 aliphatic carbocycles. The molecule has 2 aliphatic rings. The maximum Gasteiger partial charge on any atom is 0.280 e. The van der Waals surface area contributed by atoms with E-state index in [0.717, 1.165) is 22.9 Å². The van der Waals surface area contributed by atoms with Crippen LogP contribution in [0.4, 0.5) is 18.9 Å². The monoisotopic (exact) mass is 492 g/mol. The highest BCUT2D eigenvalue weighted by atomic mass is 35.5. The average molecular weight is 493 g/mol. The van der Waals surface area contributed by atoms with Crippen molar-refractivity contribution in [1.29, 1.82) is 0 Å². The first-order valence-corrected chi connectivity index (χ1v) is 11.1. The number of benzene rings is 1. The van der Waals surface area contributed by atoms with E-state index in [4.69, 9.17) is 16.3 Å². The van der Waals surface area contributed by atoms with Gasteiger partial charge in [0.15, 0.2) is 17.3 Å². The lowest BCUT2D eigenvalue weighted by atomic mass is 10.1. The molecule has 2 aromatic heterocycles. The molecule has 0 unspecified atom stereocenters. The van der Waals surface area contributed by atoms with Crippen molar-refractivity contribution in [3.63, 3.8) is 0 Å². The predicted molar refractivity (Wildman–Crippen MR) is 118 cm³/mol. The summed E-state index contributed by atoms with van der Waals surface area (Å²) in [6.07, 6.45) is -0.961. The molecular formula is C23H20ClF3N4O3. The summed E-state index contributed by atoms with van der Waals surface area (Å²) < 4.78 is 47.4. The molecule has 2 amide bonds. The highest BCUT2D eigenvalue weighted by Gasteiger charge is 2.33. The maximum atomic E-state index is 14.1. The molecule has 11 heteroatoms. The van der Waals surface area contributed by atoms with Gasteiger partial charge in [0.25, 0.3) is 12.3 Å². The van der Waals surface area contributed by atoms with Crippen molar-refractivity contribution in [2.24, 2.45) is 0 Å². The molecule has 2 fully saturated rings. The van der Waals surface area contributed by atoms with Gasteiger partial charge in [-0.05, 0) is 48.6 Å². The number of pyridine rings is 1. The first-order valence-electron chi connectivity index (χ1n) is 10.7. The van der Waals surface area contributed by atoms with Crippen LogP contribution in [0.2, 0.25) is 5.02 Å². The number of rotatable bonds is 5. The normalized spacial score (nSPS) is 16.6. The minimum Gasteiger partial charge on any atom is -0.494 e. The third-order valence-corrected chi connectivity index (χ3v) is 6.53. The minimum absolute atomic E-state index is 0.0264. The molecule has 7 nitrogen and oxygen atoms in total. The van der Waals surface area contributed by atoms with Crippen LogP contribution in [-0.4, -0.2) is 53.1 Å². The van der Waals surface area contributed by atoms with E-state index in [1.54, 1.807) is 12.1 Å². The second-order valence-electron chi connectivity index (χ2n) is 8.34. The molecule has 1 saturated heterocycles. The Balaban J connectivity index is 1.40. The summed E-state index contributed by atoms with van der Waals surface area (Å²) in [5.41, 5.74) is 0.814. The number of halogens is 4. The number of aromatic nitrogens is 2. The van der Waals surface area contributed by atoms with E-state index < -0.39 is 24.1 Å². The zero-order valence-corrected chi connectivity index (χ0v) is 18.9. The highest BCUT2D eigenvalue weighted by molar-refractivity contribution is 6.36. The number of carbonyl (C=O) groups is 2. The molecule has 0 bridgehead atoms. The van der Waals surface area contributed by atoms with Gasteiger partial charge in [0.1, 0.15) is 12.2 Å². The fourth-order valence-electron chi connectivity index (χ4n) is 4.20. The van der Waals surface area contributed by atoms with E-state index in [9.17, 15) is 22.8 Å². The van der Waals surface area contributed by atoms with Crippen LogP contribution in [0.3, 0.4) is 0 Å². The fourth-order valence-corrected chi connectivity index (χ4v) is 4.46. The van der Waals surface area contributed by atoms with Gasteiger partial charge in [0.05, 0.1) is 17.6 Å². The van der Waals surface area contributed by atoms with E-state index in [2.05, 4.69) is 5.10 Å². The largest absolute Gasteiger partial charge is 0.494 e. The number of amides is 2. The Bertz CT molecular complexity index is 1310. The summed E-state index contributed by atoms with van der Waals surface area (Å²) in [7, 11) is 1.34. The molecule has 0 radical (unpaired) electrons. The predicted octanol–water partition coefficient (Wildman–Crippen LogP) is 4.44. The average Bonchev–Trinajstić information content (AvgIpc) is 3.61. The molecule has 34 heavy (non-hydrogen) atoms. The third-order valence-electron chi connectivity index (χ3n) is 6.15. The van der Waals surface area contributed by atoms with Gasteiger partial charge in [-0.25, -0.2) is 17.7 Å². The summed E-state index contributed by atoms with van der Waals surface area (Å²) in [6.45, 7) is -0.0292. The van der Waals surface area contributed by atoms with Crippen LogP contribution in [0.25, 0.3) is 5.52 Å². The number of hydrogen-bond acceptors (Lipinski definition) is 4. The number of hydrogen-bond donors (Lipinski definition) is 0. The molecule has 0 spiro atoms. The van der Waals surface area contributed by atoms with Gasteiger partial charge in [-0.1, -0.05) is 11.6 Å². The first kappa shape index (κ1) is 22.5. The molecule has 0 atom stereocenters. The van der Waals surface area contributed by atoms with Crippen molar-refractivity contribution in [2.75, 3.05) is 31.6 Å². The number of carbonyl (C=O) groups excluding carboxylic acids is 2. The van der Waals surface area contributed by atoms with Crippen LogP contribution in [0.1, 0.15) is 46.9 Å². The van der Waals surface area contributed by atoms with Crippen molar-refractivity contribution in [3.05, 3.63) is 58.1 Å². The Morgan fingerprint density at radius 1 is 1.21 bits per heavy atom. The molecule has 1 aromatic carbocycles. The molecular weight excluding hydrogens is 473 g/mol. The molecule has 5 rings (SSSR count). The van der Waals surface area contributed by atoms with Crippen molar-refractivity contribution in [2.45, 2.75) is 25.2 Å². The molecule has 0 N–H and O–H groups in total. The Labute approximate surface area is 197 Å². The van der Waals surface area contributed by atoms with E-state index in [-0.39, 0.29) is 53.2 Å². The van der Waals surface area contributed by atoms with E-state index >= 15 is 0 Å². The number of methoxy groups -OCH3 is 1. The first-order chi connectivity index (χ1) is 16.3. The summed E-state index contributed by atoms with van der Waals surface area (Å²) in [5, 5.41) is 4.06. The van der Waals surface area contributed by atoms with Crippen molar-refractivity contribution >= 4 is 34.6 Å². The number of ether oxygens (including phenoxy) is 1. The second kappa shape index (κ2) is 8.50. The lowest BCUT2D eigenvalue weighted by Crippen LogP contribution is -2.52. The van der Waals surface area contributed by atoms with Crippen molar-refractivity contribution in [3.8, 4) is 5.75 Å².